The molecule has 0 aromatic heterocycles. The van der Waals surface area contributed by atoms with Crippen molar-refractivity contribution in [2.24, 2.45) is 0 Å². The molecule has 0 amide bonds. The average molecular weight is 272 g/mol. The molecule has 2 heteroatoms. The van der Waals surface area contributed by atoms with Gasteiger partial charge in [-0.05, 0) is 30.5 Å². The summed E-state index contributed by atoms with van der Waals surface area (Å²) in [5.41, 5.74) is 1.43. The van der Waals surface area contributed by atoms with E-state index in [0.717, 1.165) is 5.75 Å². The Hall–Kier alpha value is -0.860. The fraction of sp³-hybridized carbons (Fsp3) is 0.250. The number of hydrogen-bond donors (Lipinski definition) is 0. The van der Waals surface area contributed by atoms with Crippen LogP contribution in [0.1, 0.15) is 18.4 Å². The van der Waals surface area contributed by atoms with Crippen LogP contribution in [0.25, 0.3) is 0 Å². The van der Waals surface area contributed by atoms with Gasteiger partial charge in [-0.3, -0.25) is 0 Å². The topological polar surface area (TPSA) is 0 Å². The Morgan fingerprint density at radius 3 is 2.06 bits per heavy atom. The molecule has 0 bridgehead atoms. The van der Waals surface area contributed by atoms with E-state index in [4.69, 9.17) is 0 Å². The van der Waals surface area contributed by atoms with Gasteiger partial charge in [-0.15, -0.1) is 23.5 Å². The zero-order valence-corrected chi connectivity index (χ0v) is 11.8. The van der Waals surface area contributed by atoms with Gasteiger partial charge in [0.15, 0.2) is 0 Å². The van der Waals surface area contributed by atoms with Crippen molar-refractivity contribution < 1.29 is 0 Å². The lowest BCUT2D eigenvalue weighted by atomic mass is 10.2. The minimum Gasteiger partial charge on any atom is -0.139 e. The van der Waals surface area contributed by atoms with Crippen LogP contribution in [0.4, 0.5) is 0 Å². The first-order chi connectivity index (χ1) is 8.86. The summed E-state index contributed by atoms with van der Waals surface area (Å²) in [6.07, 6.45) is 2.67. The van der Waals surface area contributed by atoms with Crippen molar-refractivity contribution in [3.63, 3.8) is 0 Å². The predicted octanol–water partition coefficient (Wildman–Crippen LogP) is 5.20. The fourth-order valence-corrected chi connectivity index (χ4v) is 4.61. The van der Waals surface area contributed by atoms with Crippen LogP contribution in [0.2, 0.25) is 0 Å². The summed E-state index contributed by atoms with van der Waals surface area (Å²) >= 11 is 4.14. The zero-order valence-electron chi connectivity index (χ0n) is 10.2. The van der Waals surface area contributed by atoms with Crippen LogP contribution in [0.5, 0.6) is 0 Å². The predicted molar refractivity (Wildman–Crippen MR) is 82.0 cm³/mol. The molecule has 1 aliphatic rings. The van der Waals surface area contributed by atoms with E-state index >= 15 is 0 Å². The van der Waals surface area contributed by atoms with E-state index in [9.17, 15) is 0 Å². The molecule has 1 fully saturated rings. The molecule has 0 N–H and O–H groups in total. The molecule has 1 saturated carbocycles. The van der Waals surface area contributed by atoms with Gasteiger partial charge in [0.05, 0.1) is 4.08 Å². The molecule has 92 valence electrons. The van der Waals surface area contributed by atoms with Gasteiger partial charge in [0.2, 0.25) is 0 Å². The Morgan fingerprint density at radius 2 is 1.44 bits per heavy atom. The first kappa shape index (κ1) is 12.2. The summed E-state index contributed by atoms with van der Waals surface area (Å²) in [5, 5.41) is 0. The molecule has 1 aliphatic carbocycles. The van der Waals surface area contributed by atoms with Crippen LogP contribution >= 0.6 is 23.5 Å². The van der Waals surface area contributed by atoms with Crippen LogP contribution in [0, 0.1) is 0 Å². The third-order valence-corrected chi connectivity index (χ3v) is 6.35. The molecule has 0 spiro atoms. The lowest BCUT2D eigenvalue weighted by Crippen LogP contribution is -1.96. The summed E-state index contributed by atoms with van der Waals surface area (Å²) in [4.78, 5) is 1.40. The van der Waals surface area contributed by atoms with Crippen molar-refractivity contribution in [1.82, 2.24) is 0 Å². The van der Waals surface area contributed by atoms with Crippen molar-refractivity contribution >= 4 is 23.5 Å². The SMILES string of the molecule is c1ccc(CSC2(Sc3ccccc3)CC2)cc1. The molecular weight excluding hydrogens is 256 g/mol. The van der Waals surface area contributed by atoms with Gasteiger partial charge < -0.3 is 0 Å². The highest BCUT2D eigenvalue weighted by Gasteiger charge is 2.44. The average Bonchev–Trinajstić information content (AvgIpc) is 3.19. The second-order valence-electron chi connectivity index (χ2n) is 4.60. The maximum absolute atomic E-state index is 2.22. The molecule has 0 radical (unpaired) electrons. The van der Waals surface area contributed by atoms with Crippen molar-refractivity contribution in [2.75, 3.05) is 0 Å². The lowest BCUT2D eigenvalue weighted by Gasteiger charge is -2.14. The number of hydrogen-bond acceptors (Lipinski definition) is 2. The first-order valence-corrected chi connectivity index (χ1v) is 8.09. The fourth-order valence-electron chi connectivity index (χ4n) is 1.87. The molecule has 0 heterocycles. The monoisotopic (exact) mass is 272 g/mol. The highest BCUT2D eigenvalue weighted by Crippen LogP contribution is 2.60. The molecule has 0 unspecified atom stereocenters. The number of rotatable bonds is 5. The van der Waals surface area contributed by atoms with Crippen LogP contribution in [0.15, 0.2) is 65.6 Å². The quantitative estimate of drug-likeness (QED) is 0.686. The minimum atomic E-state index is 0.442. The highest BCUT2D eigenvalue weighted by atomic mass is 32.2. The van der Waals surface area contributed by atoms with Crippen LogP contribution in [0.3, 0.4) is 0 Å². The van der Waals surface area contributed by atoms with Gasteiger partial charge in [-0.25, -0.2) is 0 Å². The van der Waals surface area contributed by atoms with Crippen molar-refractivity contribution in [2.45, 2.75) is 27.6 Å². The van der Waals surface area contributed by atoms with E-state index in [0.29, 0.717) is 4.08 Å². The number of benzene rings is 2. The van der Waals surface area contributed by atoms with E-state index in [-0.39, 0.29) is 0 Å². The first-order valence-electron chi connectivity index (χ1n) is 6.28. The summed E-state index contributed by atoms with van der Waals surface area (Å²) < 4.78 is 0.442. The van der Waals surface area contributed by atoms with E-state index in [1.165, 1.54) is 23.3 Å². The number of thioether (sulfide) groups is 2. The van der Waals surface area contributed by atoms with Crippen LogP contribution in [-0.2, 0) is 5.75 Å². The largest absolute Gasteiger partial charge is 0.139 e. The molecule has 2 aromatic carbocycles. The van der Waals surface area contributed by atoms with Gasteiger partial charge in [0.25, 0.3) is 0 Å². The highest BCUT2D eigenvalue weighted by molar-refractivity contribution is 8.18. The summed E-state index contributed by atoms with van der Waals surface area (Å²) in [6.45, 7) is 0. The summed E-state index contributed by atoms with van der Waals surface area (Å²) in [7, 11) is 0. The molecule has 0 aliphatic heterocycles. The van der Waals surface area contributed by atoms with Crippen molar-refractivity contribution in [3.05, 3.63) is 66.2 Å². The zero-order chi connectivity index (χ0) is 12.3. The standard InChI is InChI=1S/C16H16S2/c1-3-7-14(8-4-1)13-17-16(11-12-16)18-15-9-5-2-6-10-15/h1-10H,11-13H2. The molecule has 0 atom stereocenters. The third kappa shape index (κ3) is 3.12. The van der Waals surface area contributed by atoms with Crippen LogP contribution in [-0.4, -0.2) is 4.08 Å². The molecule has 0 nitrogen and oxygen atoms in total. The lowest BCUT2D eigenvalue weighted by molar-refractivity contribution is 1.32. The van der Waals surface area contributed by atoms with E-state index in [2.05, 4.69) is 72.4 Å². The Labute approximate surface area is 117 Å². The Balaban J connectivity index is 1.59. The molecule has 2 aromatic rings. The molecule has 0 saturated heterocycles. The van der Waals surface area contributed by atoms with Gasteiger partial charge >= 0.3 is 0 Å². The normalized spacial score (nSPS) is 16.4. The van der Waals surface area contributed by atoms with Gasteiger partial charge in [-0.1, -0.05) is 48.5 Å². The minimum absolute atomic E-state index is 0.442. The molecule has 3 rings (SSSR count). The Bertz CT molecular complexity index is 489. The third-order valence-electron chi connectivity index (χ3n) is 3.05. The Morgan fingerprint density at radius 1 is 0.833 bits per heavy atom. The maximum Gasteiger partial charge on any atom is 0.0663 e. The van der Waals surface area contributed by atoms with Gasteiger partial charge in [0, 0.05) is 10.6 Å². The second kappa shape index (κ2) is 5.41. The van der Waals surface area contributed by atoms with E-state index in [1.807, 2.05) is 11.8 Å². The summed E-state index contributed by atoms with van der Waals surface area (Å²) in [5.74, 6) is 1.13. The molecular formula is C16H16S2. The molecule has 18 heavy (non-hydrogen) atoms. The van der Waals surface area contributed by atoms with E-state index < -0.39 is 0 Å². The van der Waals surface area contributed by atoms with Crippen molar-refractivity contribution in [3.8, 4) is 0 Å². The Kier molecular flexibility index (Phi) is 3.67. The van der Waals surface area contributed by atoms with Gasteiger partial charge in [0.1, 0.15) is 0 Å². The smallest absolute Gasteiger partial charge is 0.0663 e. The second-order valence-corrected chi connectivity index (χ2v) is 7.67. The van der Waals surface area contributed by atoms with Crippen LogP contribution < -0.4 is 0 Å². The summed E-state index contributed by atoms with van der Waals surface area (Å²) in [6, 6.07) is 21.5. The van der Waals surface area contributed by atoms with E-state index in [1.54, 1.807) is 0 Å². The maximum atomic E-state index is 2.22. The van der Waals surface area contributed by atoms with Gasteiger partial charge in [-0.2, -0.15) is 0 Å². The van der Waals surface area contributed by atoms with Crippen molar-refractivity contribution in [1.29, 1.82) is 0 Å².